The lowest BCUT2D eigenvalue weighted by atomic mass is 10.3. The predicted molar refractivity (Wildman–Crippen MR) is 52.4 cm³/mol. The van der Waals surface area contributed by atoms with E-state index in [1.165, 1.54) is 6.33 Å². The lowest BCUT2D eigenvalue weighted by molar-refractivity contribution is 1.18. The maximum Gasteiger partial charge on any atom is 0.165 e. The fourth-order valence-electron chi connectivity index (χ4n) is 0.911. The van der Waals surface area contributed by atoms with Gasteiger partial charge >= 0.3 is 0 Å². The molecule has 0 saturated carbocycles. The maximum absolute atomic E-state index is 5.79. The van der Waals surface area contributed by atoms with Crippen LogP contribution in [0, 0.1) is 0 Å². The first-order valence-corrected chi connectivity index (χ1v) is 4.44. The van der Waals surface area contributed by atoms with Crippen LogP contribution in [-0.4, -0.2) is 15.0 Å². The molecule has 3 nitrogen and oxygen atoms in total. The zero-order valence-corrected chi connectivity index (χ0v) is 8.40. The molecule has 0 saturated heterocycles. The van der Waals surface area contributed by atoms with E-state index in [4.69, 9.17) is 34.8 Å². The molecular weight excluding hydrogens is 232 g/mol. The number of nitrogens with zero attached hydrogens (tertiary/aromatic N) is 3. The number of rotatable bonds is 0. The largest absolute Gasteiger partial charge is 0.224 e. The zero-order valence-electron chi connectivity index (χ0n) is 6.13. The van der Waals surface area contributed by atoms with Gasteiger partial charge in [0.1, 0.15) is 16.6 Å². The fraction of sp³-hybridized carbons (Fsp3) is 0. The van der Waals surface area contributed by atoms with Crippen molar-refractivity contribution in [3.63, 3.8) is 0 Å². The minimum absolute atomic E-state index is 0.212. The van der Waals surface area contributed by atoms with Crippen molar-refractivity contribution in [3.05, 3.63) is 27.7 Å². The minimum atomic E-state index is 0.212. The van der Waals surface area contributed by atoms with Crippen LogP contribution in [0.5, 0.6) is 0 Å². The highest BCUT2D eigenvalue weighted by atomic mass is 35.5. The Morgan fingerprint density at radius 1 is 1.00 bits per heavy atom. The molecule has 0 aliphatic rings. The molecule has 66 valence electrons. The van der Waals surface area contributed by atoms with Crippen LogP contribution in [0.2, 0.25) is 15.3 Å². The van der Waals surface area contributed by atoms with Crippen LogP contribution in [0.1, 0.15) is 0 Å². The Kier molecular flexibility index (Phi) is 2.24. The molecule has 0 spiro atoms. The van der Waals surface area contributed by atoms with Gasteiger partial charge in [-0.15, -0.1) is 0 Å². The zero-order chi connectivity index (χ0) is 9.42. The predicted octanol–water partition coefficient (Wildman–Crippen LogP) is 2.99. The summed E-state index contributed by atoms with van der Waals surface area (Å²) >= 11 is 17.2. The summed E-state index contributed by atoms with van der Waals surface area (Å²) in [5.74, 6) is 0. The summed E-state index contributed by atoms with van der Waals surface area (Å²) in [6.07, 6.45) is 1.32. The maximum atomic E-state index is 5.79. The molecule has 0 amide bonds. The number of hydrogen-bond donors (Lipinski definition) is 0. The molecule has 0 aliphatic heterocycles. The molecule has 2 heterocycles. The molecule has 0 N–H and O–H groups in total. The van der Waals surface area contributed by atoms with Gasteiger partial charge < -0.3 is 0 Å². The molecule has 0 unspecified atom stereocenters. The van der Waals surface area contributed by atoms with Gasteiger partial charge in [-0.2, -0.15) is 0 Å². The van der Waals surface area contributed by atoms with E-state index in [0.717, 1.165) is 0 Å². The smallest absolute Gasteiger partial charge is 0.165 e. The van der Waals surface area contributed by atoms with E-state index >= 15 is 0 Å². The number of hydrogen-bond acceptors (Lipinski definition) is 3. The van der Waals surface area contributed by atoms with E-state index in [-0.39, 0.29) is 5.15 Å². The van der Waals surface area contributed by atoms with Gasteiger partial charge in [0.25, 0.3) is 0 Å². The van der Waals surface area contributed by atoms with Crippen LogP contribution in [0.25, 0.3) is 11.0 Å². The first kappa shape index (κ1) is 8.94. The molecule has 6 heteroatoms. The van der Waals surface area contributed by atoms with E-state index < -0.39 is 0 Å². The SMILES string of the molecule is Clc1cc2c(Cl)ncnc2nc1Cl. The number of fused-ring (bicyclic) bond motifs is 1. The van der Waals surface area contributed by atoms with Crippen LogP contribution in [0.15, 0.2) is 12.4 Å². The van der Waals surface area contributed by atoms with E-state index in [2.05, 4.69) is 15.0 Å². The first-order chi connectivity index (χ1) is 6.18. The van der Waals surface area contributed by atoms with Crippen molar-refractivity contribution in [2.75, 3.05) is 0 Å². The second kappa shape index (κ2) is 3.25. The third-order valence-electron chi connectivity index (χ3n) is 1.49. The van der Waals surface area contributed by atoms with Crippen LogP contribution < -0.4 is 0 Å². The molecule has 0 fully saturated rings. The van der Waals surface area contributed by atoms with Gasteiger partial charge in [0, 0.05) is 0 Å². The van der Waals surface area contributed by atoms with Gasteiger partial charge in [-0.25, -0.2) is 15.0 Å². The quantitative estimate of drug-likeness (QED) is 0.519. The topological polar surface area (TPSA) is 38.7 Å². The summed E-state index contributed by atoms with van der Waals surface area (Å²) < 4.78 is 0. The molecule has 0 aromatic carbocycles. The van der Waals surface area contributed by atoms with Gasteiger partial charge in [-0.05, 0) is 6.07 Å². The molecule has 0 radical (unpaired) electrons. The first-order valence-electron chi connectivity index (χ1n) is 3.31. The Hall–Kier alpha value is -0.640. The normalized spacial score (nSPS) is 10.7. The second-order valence-corrected chi connectivity index (χ2v) is 3.42. The van der Waals surface area contributed by atoms with Crippen LogP contribution in [0.4, 0.5) is 0 Å². The van der Waals surface area contributed by atoms with Gasteiger partial charge in [0.05, 0.1) is 10.4 Å². The van der Waals surface area contributed by atoms with Crippen molar-refractivity contribution in [2.45, 2.75) is 0 Å². The summed E-state index contributed by atoms with van der Waals surface area (Å²) in [5, 5.41) is 1.46. The van der Waals surface area contributed by atoms with Gasteiger partial charge in [0.15, 0.2) is 5.65 Å². The molecule has 0 aliphatic carbocycles. The molecule has 2 rings (SSSR count). The summed E-state index contributed by atoms with van der Waals surface area (Å²) in [6, 6.07) is 1.59. The van der Waals surface area contributed by atoms with Gasteiger partial charge in [-0.3, -0.25) is 0 Å². The summed E-state index contributed by atoms with van der Waals surface area (Å²) in [5.41, 5.74) is 0.439. The summed E-state index contributed by atoms with van der Waals surface area (Å²) in [7, 11) is 0. The lowest BCUT2D eigenvalue weighted by Gasteiger charge is -1.99. The van der Waals surface area contributed by atoms with Crippen LogP contribution in [0.3, 0.4) is 0 Å². The number of pyridine rings is 1. The van der Waals surface area contributed by atoms with Crippen molar-refractivity contribution in [1.82, 2.24) is 15.0 Å². The van der Waals surface area contributed by atoms with E-state index in [1.807, 2.05) is 0 Å². The van der Waals surface area contributed by atoms with Gasteiger partial charge in [0.2, 0.25) is 0 Å². The molecule has 2 aromatic heterocycles. The minimum Gasteiger partial charge on any atom is -0.224 e. The average molecular weight is 234 g/mol. The Balaban J connectivity index is 2.89. The monoisotopic (exact) mass is 233 g/mol. The van der Waals surface area contributed by atoms with Crippen molar-refractivity contribution < 1.29 is 0 Å². The van der Waals surface area contributed by atoms with E-state index in [0.29, 0.717) is 21.2 Å². The molecule has 2 aromatic rings. The van der Waals surface area contributed by atoms with Crippen molar-refractivity contribution in [3.8, 4) is 0 Å². The Labute approximate surface area is 88.7 Å². The Bertz CT molecular complexity index is 472. The highest BCUT2D eigenvalue weighted by Crippen LogP contribution is 2.26. The Morgan fingerprint density at radius 3 is 2.54 bits per heavy atom. The second-order valence-electron chi connectivity index (χ2n) is 2.30. The standard InChI is InChI=1S/C7H2Cl3N3/c8-4-1-3-5(9)11-2-12-7(3)13-6(4)10/h1-2H. The highest BCUT2D eigenvalue weighted by molar-refractivity contribution is 6.42. The van der Waals surface area contributed by atoms with Crippen molar-refractivity contribution in [2.24, 2.45) is 0 Å². The molecule has 13 heavy (non-hydrogen) atoms. The van der Waals surface area contributed by atoms with Crippen molar-refractivity contribution in [1.29, 1.82) is 0 Å². The van der Waals surface area contributed by atoms with E-state index in [1.54, 1.807) is 6.07 Å². The van der Waals surface area contributed by atoms with Gasteiger partial charge in [-0.1, -0.05) is 34.8 Å². The molecule has 0 atom stereocenters. The van der Waals surface area contributed by atoms with Crippen LogP contribution in [-0.2, 0) is 0 Å². The fourth-order valence-corrected chi connectivity index (χ4v) is 1.38. The third kappa shape index (κ3) is 1.55. The van der Waals surface area contributed by atoms with Crippen molar-refractivity contribution >= 4 is 45.8 Å². The van der Waals surface area contributed by atoms with Crippen LogP contribution >= 0.6 is 34.8 Å². The number of aromatic nitrogens is 3. The molecule has 0 bridgehead atoms. The Morgan fingerprint density at radius 2 is 1.77 bits per heavy atom. The number of halogens is 3. The average Bonchev–Trinajstić information content (AvgIpc) is 2.09. The molecular formula is C7H2Cl3N3. The summed E-state index contributed by atoms with van der Waals surface area (Å²) in [4.78, 5) is 11.6. The highest BCUT2D eigenvalue weighted by Gasteiger charge is 2.06. The lowest BCUT2D eigenvalue weighted by Crippen LogP contribution is -1.88. The summed E-state index contributed by atoms with van der Waals surface area (Å²) in [6.45, 7) is 0. The third-order valence-corrected chi connectivity index (χ3v) is 2.46. The van der Waals surface area contributed by atoms with E-state index in [9.17, 15) is 0 Å².